The van der Waals surface area contributed by atoms with Crippen molar-refractivity contribution in [2.24, 2.45) is 17.8 Å². The minimum atomic E-state index is -0.590. The number of ketones is 1. The maximum atomic E-state index is 12.2. The monoisotopic (exact) mass is 478 g/mol. The highest BCUT2D eigenvalue weighted by molar-refractivity contribution is 5.81. The molecule has 35 heavy (non-hydrogen) atoms. The van der Waals surface area contributed by atoms with Crippen LogP contribution < -0.4 is 0 Å². The zero-order chi connectivity index (χ0) is 24.8. The number of fused-ring (bicyclic) bond motifs is 1. The molecule has 0 radical (unpaired) electrons. The molecular formula is C30H38O5. The summed E-state index contributed by atoms with van der Waals surface area (Å²) in [5.41, 5.74) is 1.96. The number of Topliss-reactive ketones (excluding diaryl/α,β-unsaturated/α-hetero) is 1. The predicted molar refractivity (Wildman–Crippen MR) is 135 cm³/mol. The number of carbonyl (C=O) groups excluding carboxylic acids is 1. The third-order valence-corrected chi connectivity index (χ3v) is 7.36. The van der Waals surface area contributed by atoms with Crippen LogP contribution in [0.5, 0.6) is 0 Å². The fraction of sp³-hybridized carbons (Fsp3) is 0.633. The number of hydrogen-bond donors (Lipinski definition) is 0. The molecule has 188 valence electrons. The Labute approximate surface area is 210 Å². The molecule has 0 amide bonds. The Bertz CT molecular complexity index is 945. The molecule has 0 spiro atoms. The van der Waals surface area contributed by atoms with E-state index in [0.29, 0.717) is 42.3 Å². The molecule has 0 aromatic carbocycles. The van der Waals surface area contributed by atoms with Crippen molar-refractivity contribution >= 4 is 5.78 Å². The molecular weight excluding hydrogens is 440 g/mol. The minimum Gasteiger partial charge on any atom is -0.353 e. The summed E-state index contributed by atoms with van der Waals surface area (Å²) in [6.07, 6.45) is 6.94. The Kier molecular flexibility index (Phi) is 9.04. The lowest BCUT2D eigenvalue weighted by Crippen LogP contribution is -2.31. The van der Waals surface area contributed by atoms with Crippen molar-refractivity contribution in [3.8, 4) is 23.7 Å². The van der Waals surface area contributed by atoms with Gasteiger partial charge in [0.15, 0.2) is 12.6 Å². The molecule has 7 atom stereocenters. The summed E-state index contributed by atoms with van der Waals surface area (Å²) >= 11 is 0. The lowest BCUT2D eigenvalue weighted by molar-refractivity contribution is -0.192. The van der Waals surface area contributed by atoms with Crippen molar-refractivity contribution in [2.75, 3.05) is 13.2 Å². The Balaban J connectivity index is 1.54. The number of rotatable bonds is 6. The van der Waals surface area contributed by atoms with Crippen molar-refractivity contribution in [2.45, 2.75) is 89.5 Å². The topological polar surface area (TPSA) is 54.0 Å². The molecule has 4 fully saturated rings. The summed E-state index contributed by atoms with van der Waals surface area (Å²) in [5.74, 6) is 13.6. The molecule has 5 heteroatoms. The second-order valence-electron chi connectivity index (χ2n) is 10.2. The molecule has 4 rings (SSSR count). The molecule has 0 aromatic heterocycles. The molecule has 2 saturated heterocycles. The molecule has 0 bridgehead atoms. The van der Waals surface area contributed by atoms with E-state index in [1.54, 1.807) is 0 Å². The largest absolute Gasteiger partial charge is 0.353 e. The van der Waals surface area contributed by atoms with Gasteiger partial charge in [0.25, 0.3) is 0 Å². The van der Waals surface area contributed by atoms with Crippen molar-refractivity contribution in [1.82, 2.24) is 0 Å². The van der Waals surface area contributed by atoms with Gasteiger partial charge in [-0.05, 0) is 69.3 Å². The highest BCUT2D eigenvalue weighted by Crippen LogP contribution is 2.48. The van der Waals surface area contributed by atoms with E-state index in [2.05, 4.69) is 43.4 Å². The van der Waals surface area contributed by atoms with Crippen LogP contribution in [-0.2, 0) is 23.7 Å². The van der Waals surface area contributed by atoms with Gasteiger partial charge in [-0.15, -0.1) is 0 Å². The Morgan fingerprint density at radius 3 is 2.37 bits per heavy atom. The van der Waals surface area contributed by atoms with Crippen LogP contribution >= 0.6 is 0 Å². The van der Waals surface area contributed by atoms with Crippen molar-refractivity contribution in [1.29, 1.82) is 0 Å². The van der Waals surface area contributed by atoms with E-state index in [9.17, 15) is 4.79 Å². The number of carbonyl (C=O) groups is 1. The molecule has 5 nitrogen and oxygen atoms in total. The van der Waals surface area contributed by atoms with Gasteiger partial charge in [0.05, 0.1) is 12.0 Å². The van der Waals surface area contributed by atoms with Gasteiger partial charge in [-0.1, -0.05) is 43.4 Å². The van der Waals surface area contributed by atoms with E-state index in [4.69, 9.17) is 18.9 Å². The molecule has 2 aliphatic carbocycles. The predicted octanol–water partition coefficient (Wildman–Crippen LogP) is 5.12. The van der Waals surface area contributed by atoms with E-state index in [1.165, 1.54) is 0 Å². The number of ether oxygens (including phenoxy) is 4. The Morgan fingerprint density at radius 1 is 1.00 bits per heavy atom. The van der Waals surface area contributed by atoms with Crippen molar-refractivity contribution in [3.63, 3.8) is 0 Å². The average Bonchev–Trinajstić information content (AvgIpc) is 3.36. The zero-order valence-corrected chi connectivity index (χ0v) is 21.0. The van der Waals surface area contributed by atoms with Crippen molar-refractivity contribution in [3.05, 3.63) is 36.5 Å². The van der Waals surface area contributed by atoms with Gasteiger partial charge in [0, 0.05) is 37.2 Å². The summed E-state index contributed by atoms with van der Waals surface area (Å²) in [6.45, 7) is 15.4. The second-order valence-corrected chi connectivity index (χ2v) is 10.2. The van der Waals surface area contributed by atoms with Gasteiger partial charge in [0.2, 0.25) is 0 Å². The van der Waals surface area contributed by atoms with Gasteiger partial charge in [-0.25, -0.2) is 0 Å². The first-order chi connectivity index (χ1) is 16.9. The first-order valence-corrected chi connectivity index (χ1v) is 13.0. The van der Waals surface area contributed by atoms with Crippen LogP contribution in [0.4, 0.5) is 0 Å². The van der Waals surface area contributed by atoms with E-state index in [1.807, 2.05) is 6.92 Å². The van der Waals surface area contributed by atoms with Crippen LogP contribution in [0.25, 0.3) is 0 Å². The number of allylic oxidation sites excluding steroid dienone is 1. The fourth-order valence-corrected chi connectivity index (χ4v) is 5.48. The Hall–Kier alpha value is -2.15. The highest BCUT2D eigenvalue weighted by atomic mass is 16.7. The third-order valence-electron chi connectivity index (χ3n) is 7.36. The summed E-state index contributed by atoms with van der Waals surface area (Å²) < 4.78 is 24.4. The standard InChI is InChI=1S/C30H38O5/c1-20(2)11-12-21(3)22(4)27(34-29-9-5-7-15-32-29)14-13-25-26-19-24(31)17-23(26)18-28(25)35-30-10-6-8-16-33-30/h23,25-30H,1,3-10,15-19H2,2H3/t23-,25-,26-,27-,28+,29?,30?/m0/s1. The van der Waals surface area contributed by atoms with Crippen LogP contribution in [0.15, 0.2) is 36.5 Å². The van der Waals surface area contributed by atoms with E-state index in [-0.39, 0.29) is 30.5 Å². The van der Waals surface area contributed by atoms with Gasteiger partial charge in [0.1, 0.15) is 11.9 Å². The van der Waals surface area contributed by atoms with Gasteiger partial charge in [-0.3, -0.25) is 4.79 Å². The second kappa shape index (κ2) is 12.2. The van der Waals surface area contributed by atoms with E-state index in [0.717, 1.165) is 57.1 Å². The molecule has 0 N–H and O–H groups in total. The van der Waals surface area contributed by atoms with Crippen LogP contribution in [0.1, 0.15) is 64.7 Å². The highest BCUT2D eigenvalue weighted by Gasteiger charge is 2.49. The normalized spacial score (nSPS) is 33.0. The molecule has 0 aromatic rings. The fourth-order valence-electron chi connectivity index (χ4n) is 5.48. The lowest BCUT2D eigenvalue weighted by Gasteiger charge is -2.29. The molecule has 2 saturated carbocycles. The summed E-state index contributed by atoms with van der Waals surface area (Å²) in [7, 11) is 0. The van der Waals surface area contributed by atoms with E-state index < -0.39 is 6.10 Å². The summed E-state index contributed by atoms with van der Waals surface area (Å²) in [6, 6.07) is 0. The van der Waals surface area contributed by atoms with Crippen LogP contribution in [-0.4, -0.2) is 43.8 Å². The van der Waals surface area contributed by atoms with Crippen LogP contribution in [0.3, 0.4) is 0 Å². The molecule has 2 unspecified atom stereocenters. The van der Waals surface area contributed by atoms with E-state index >= 15 is 0 Å². The third kappa shape index (κ3) is 6.96. The summed E-state index contributed by atoms with van der Waals surface area (Å²) in [5, 5.41) is 0. The average molecular weight is 479 g/mol. The maximum Gasteiger partial charge on any atom is 0.159 e. The Morgan fingerprint density at radius 2 is 1.71 bits per heavy atom. The molecule has 2 heterocycles. The smallest absolute Gasteiger partial charge is 0.159 e. The van der Waals surface area contributed by atoms with Gasteiger partial charge < -0.3 is 18.9 Å². The lowest BCUT2D eigenvalue weighted by atomic mass is 9.91. The van der Waals surface area contributed by atoms with Crippen LogP contribution in [0.2, 0.25) is 0 Å². The van der Waals surface area contributed by atoms with Gasteiger partial charge >= 0.3 is 0 Å². The number of hydrogen-bond acceptors (Lipinski definition) is 5. The van der Waals surface area contributed by atoms with Crippen molar-refractivity contribution < 1.29 is 23.7 Å². The zero-order valence-electron chi connectivity index (χ0n) is 21.0. The minimum absolute atomic E-state index is 0.0417. The maximum absolute atomic E-state index is 12.2. The first-order valence-electron chi connectivity index (χ1n) is 13.0. The SMILES string of the molecule is C=C(C)C#CC(=C)C(=C)[C@H](C#C[C@H]1[C@H]2CC(=O)C[C@H]2C[C@H]1OC1CCCCO1)OC1CCCCO1. The quantitative estimate of drug-likeness (QED) is 0.392. The van der Waals surface area contributed by atoms with Gasteiger partial charge in [-0.2, -0.15) is 0 Å². The van der Waals surface area contributed by atoms with Crippen LogP contribution in [0, 0.1) is 41.4 Å². The summed E-state index contributed by atoms with van der Waals surface area (Å²) in [4.78, 5) is 12.2. The first kappa shape index (κ1) is 25.9. The molecule has 4 aliphatic rings. The molecule has 2 aliphatic heterocycles.